The van der Waals surface area contributed by atoms with Crippen LogP contribution in [0.25, 0.3) is 0 Å². The van der Waals surface area contributed by atoms with Gasteiger partial charge in [-0.3, -0.25) is 4.68 Å². The molecule has 0 unspecified atom stereocenters. The van der Waals surface area contributed by atoms with Gasteiger partial charge >= 0.3 is 0 Å². The van der Waals surface area contributed by atoms with Crippen molar-refractivity contribution in [2.24, 2.45) is 0 Å². The largest absolute Gasteiger partial charge is 0.358 e. The van der Waals surface area contributed by atoms with Gasteiger partial charge in [0.1, 0.15) is 0 Å². The molecule has 0 saturated carbocycles. The Bertz CT molecular complexity index is 1080. The first-order chi connectivity index (χ1) is 13.9. The van der Waals surface area contributed by atoms with Crippen molar-refractivity contribution in [3.05, 3.63) is 60.2 Å². The maximum atomic E-state index is 12.4. The van der Waals surface area contributed by atoms with Gasteiger partial charge in [0.25, 0.3) is 10.0 Å². The molecule has 2 aromatic heterocycles. The lowest BCUT2D eigenvalue weighted by atomic mass is 10.2. The number of benzene rings is 1. The van der Waals surface area contributed by atoms with Crippen LogP contribution in [0.4, 0.5) is 11.6 Å². The van der Waals surface area contributed by atoms with E-state index in [9.17, 15) is 8.42 Å². The van der Waals surface area contributed by atoms with Gasteiger partial charge in [0.2, 0.25) is 5.95 Å². The van der Waals surface area contributed by atoms with E-state index in [2.05, 4.69) is 30.4 Å². The smallest absolute Gasteiger partial charge is 0.264 e. The lowest BCUT2D eigenvalue weighted by molar-refractivity contribution is 0.601. The summed E-state index contributed by atoms with van der Waals surface area (Å²) in [7, 11) is -3.77. The summed E-state index contributed by atoms with van der Waals surface area (Å²) in [4.78, 5) is 7.81. The molecule has 0 radical (unpaired) electrons. The Morgan fingerprint density at radius 3 is 2.48 bits per heavy atom. The molecule has 1 aromatic carbocycles. The van der Waals surface area contributed by atoms with Crippen molar-refractivity contribution in [3.63, 3.8) is 0 Å². The van der Waals surface area contributed by atoms with Crippen LogP contribution in [0.1, 0.15) is 18.2 Å². The summed E-state index contributed by atoms with van der Waals surface area (Å²) < 4.78 is 29.0. The molecule has 0 aliphatic carbocycles. The lowest BCUT2D eigenvalue weighted by Gasteiger charge is -2.11. The van der Waals surface area contributed by atoms with E-state index in [4.69, 9.17) is 12.2 Å². The molecule has 3 rings (SSSR count). The molecule has 0 fully saturated rings. The maximum Gasteiger partial charge on any atom is 0.264 e. The molecule has 11 heteroatoms. The fraction of sp³-hybridized carbons (Fsp3) is 0.222. The van der Waals surface area contributed by atoms with E-state index in [1.165, 1.54) is 24.5 Å². The van der Waals surface area contributed by atoms with E-state index < -0.39 is 10.0 Å². The summed E-state index contributed by atoms with van der Waals surface area (Å²) in [6, 6.07) is 7.83. The third-order valence-electron chi connectivity index (χ3n) is 4.16. The van der Waals surface area contributed by atoms with Crippen molar-refractivity contribution in [2.45, 2.75) is 31.8 Å². The molecule has 2 heterocycles. The van der Waals surface area contributed by atoms with Crippen LogP contribution in [0.2, 0.25) is 0 Å². The Balaban J connectivity index is 1.58. The summed E-state index contributed by atoms with van der Waals surface area (Å²) in [6.45, 7) is 5.41. The first kappa shape index (κ1) is 20.7. The van der Waals surface area contributed by atoms with Gasteiger partial charge in [-0.1, -0.05) is 0 Å². The second-order valence-corrected chi connectivity index (χ2v) is 8.17. The van der Waals surface area contributed by atoms with E-state index in [0.29, 0.717) is 17.3 Å². The second-order valence-electron chi connectivity index (χ2n) is 6.08. The second kappa shape index (κ2) is 8.97. The number of nitrogens with zero attached hydrogens (tertiary/aromatic N) is 4. The first-order valence-corrected chi connectivity index (χ1v) is 10.7. The van der Waals surface area contributed by atoms with Gasteiger partial charge in [-0.2, -0.15) is 5.10 Å². The van der Waals surface area contributed by atoms with Gasteiger partial charge in [0.05, 0.1) is 11.1 Å². The average molecular weight is 432 g/mol. The Morgan fingerprint density at radius 1 is 1.17 bits per heavy atom. The highest BCUT2D eigenvalue weighted by Crippen LogP contribution is 2.16. The molecule has 0 amide bonds. The topological polar surface area (TPSA) is 114 Å². The number of rotatable bonds is 7. The van der Waals surface area contributed by atoms with Gasteiger partial charge < -0.3 is 10.6 Å². The van der Waals surface area contributed by atoms with Crippen molar-refractivity contribution in [3.8, 4) is 0 Å². The zero-order chi connectivity index (χ0) is 20.9. The SMILES string of the molecule is CCn1ncc(CNC(=S)Nc2ccc(S(=O)(=O)Nc3ncccn3)cc2)c1C. The van der Waals surface area contributed by atoms with Crippen LogP contribution in [0, 0.1) is 6.92 Å². The predicted molar refractivity (Wildman–Crippen MR) is 115 cm³/mol. The number of hydrogen-bond donors (Lipinski definition) is 3. The minimum atomic E-state index is -3.77. The van der Waals surface area contributed by atoms with Crippen molar-refractivity contribution in [1.29, 1.82) is 0 Å². The first-order valence-electron chi connectivity index (χ1n) is 8.85. The Hall–Kier alpha value is -3.05. The Kier molecular flexibility index (Phi) is 6.39. The highest BCUT2D eigenvalue weighted by Gasteiger charge is 2.15. The van der Waals surface area contributed by atoms with Crippen LogP contribution in [0.3, 0.4) is 0 Å². The van der Waals surface area contributed by atoms with E-state index in [1.807, 2.05) is 24.7 Å². The molecule has 0 aliphatic rings. The molecule has 29 heavy (non-hydrogen) atoms. The molecule has 0 atom stereocenters. The number of anilines is 2. The molecule has 152 valence electrons. The molecular weight excluding hydrogens is 410 g/mol. The molecule has 9 nitrogen and oxygen atoms in total. The standard InChI is InChI=1S/C18H21N7O2S2/c1-3-25-13(2)14(12-22-25)11-21-18(28)23-15-5-7-16(8-6-15)29(26,27)24-17-19-9-4-10-20-17/h4-10,12H,3,11H2,1-2H3,(H,19,20,24)(H2,21,23,28). The van der Waals surface area contributed by atoms with E-state index in [1.54, 1.807) is 18.2 Å². The van der Waals surface area contributed by atoms with Crippen molar-refractivity contribution in [2.75, 3.05) is 10.0 Å². The van der Waals surface area contributed by atoms with Gasteiger partial charge in [-0.15, -0.1) is 0 Å². The summed E-state index contributed by atoms with van der Waals surface area (Å²) in [5, 5.41) is 10.9. The highest BCUT2D eigenvalue weighted by molar-refractivity contribution is 7.92. The quantitative estimate of drug-likeness (QED) is 0.488. The third kappa shape index (κ3) is 5.27. The summed E-state index contributed by atoms with van der Waals surface area (Å²) in [5.74, 6) is 0.0155. The number of sulfonamides is 1. The molecule has 3 N–H and O–H groups in total. The van der Waals surface area contributed by atoms with E-state index in [0.717, 1.165) is 17.8 Å². The molecule has 0 aliphatic heterocycles. The zero-order valence-electron chi connectivity index (χ0n) is 16.0. The molecular formula is C18H21N7O2S2. The molecule has 0 saturated heterocycles. The normalized spacial score (nSPS) is 11.1. The van der Waals surface area contributed by atoms with E-state index >= 15 is 0 Å². The summed E-state index contributed by atoms with van der Waals surface area (Å²) in [5.41, 5.74) is 2.82. The number of thiocarbonyl (C=S) groups is 1. The minimum absolute atomic E-state index is 0.0155. The Morgan fingerprint density at radius 2 is 1.86 bits per heavy atom. The summed E-state index contributed by atoms with van der Waals surface area (Å²) in [6.07, 6.45) is 4.73. The number of aryl methyl sites for hydroxylation is 1. The highest BCUT2D eigenvalue weighted by atomic mass is 32.2. The van der Waals surface area contributed by atoms with Gasteiger partial charge in [0, 0.05) is 42.4 Å². The number of aromatic nitrogens is 4. The fourth-order valence-electron chi connectivity index (χ4n) is 2.58. The third-order valence-corrected chi connectivity index (χ3v) is 5.75. The van der Waals surface area contributed by atoms with Gasteiger partial charge in [0.15, 0.2) is 5.11 Å². The average Bonchev–Trinajstić information content (AvgIpc) is 3.07. The number of hydrogen-bond acceptors (Lipinski definition) is 6. The predicted octanol–water partition coefficient (Wildman–Crippen LogP) is 2.29. The zero-order valence-corrected chi connectivity index (χ0v) is 17.6. The van der Waals surface area contributed by atoms with E-state index in [-0.39, 0.29) is 10.8 Å². The molecule has 0 bridgehead atoms. The van der Waals surface area contributed by atoms with Gasteiger partial charge in [-0.05, 0) is 56.4 Å². The maximum absolute atomic E-state index is 12.4. The fourth-order valence-corrected chi connectivity index (χ4v) is 3.72. The van der Waals surface area contributed by atoms with Crippen LogP contribution in [0.15, 0.2) is 53.8 Å². The van der Waals surface area contributed by atoms with Crippen LogP contribution < -0.4 is 15.4 Å². The van der Waals surface area contributed by atoms with Crippen LogP contribution in [0.5, 0.6) is 0 Å². The monoisotopic (exact) mass is 431 g/mol. The van der Waals surface area contributed by atoms with Crippen molar-refractivity contribution in [1.82, 2.24) is 25.1 Å². The molecule has 0 spiro atoms. The van der Waals surface area contributed by atoms with Crippen LogP contribution >= 0.6 is 12.2 Å². The van der Waals surface area contributed by atoms with Gasteiger partial charge in [-0.25, -0.2) is 23.1 Å². The van der Waals surface area contributed by atoms with Crippen molar-refractivity contribution >= 4 is 39.0 Å². The van der Waals surface area contributed by atoms with Crippen LogP contribution in [-0.2, 0) is 23.1 Å². The lowest BCUT2D eigenvalue weighted by Crippen LogP contribution is -2.28. The van der Waals surface area contributed by atoms with Crippen LogP contribution in [-0.4, -0.2) is 33.3 Å². The summed E-state index contributed by atoms with van der Waals surface area (Å²) >= 11 is 5.31. The van der Waals surface area contributed by atoms with Crippen molar-refractivity contribution < 1.29 is 8.42 Å². The minimum Gasteiger partial charge on any atom is -0.358 e. The molecule has 3 aromatic rings. The number of nitrogens with one attached hydrogen (secondary N) is 3. The Labute approximate surface area is 174 Å².